The van der Waals surface area contributed by atoms with Gasteiger partial charge < -0.3 is 5.32 Å². The van der Waals surface area contributed by atoms with Gasteiger partial charge in [-0.25, -0.2) is 4.39 Å². The molecule has 0 heterocycles. The van der Waals surface area contributed by atoms with E-state index in [1.807, 2.05) is 0 Å². The summed E-state index contributed by atoms with van der Waals surface area (Å²) >= 11 is 6.05. The Bertz CT molecular complexity index is 400. The third-order valence-corrected chi connectivity index (χ3v) is 2.80. The highest BCUT2D eigenvalue weighted by Crippen LogP contribution is 2.27. The Hall–Kier alpha value is -1.04. The standard InChI is InChI=1S/C14H17ClFN/c1-3-5-9-13(17-10-4-2)14-11(15)7-6-8-12(14)16/h6-8,13,17H,4,9-10H2,1-2H3. The van der Waals surface area contributed by atoms with Gasteiger partial charge in [0, 0.05) is 23.0 Å². The number of halogens is 2. The van der Waals surface area contributed by atoms with Crippen LogP contribution < -0.4 is 5.32 Å². The first-order valence-electron chi connectivity index (χ1n) is 5.77. The highest BCUT2D eigenvalue weighted by atomic mass is 35.5. The smallest absolute Gasteiger partial charge is 0.129 e. The van der Waals surface area contributed by atoms with Gasteiger partial charge >= 0.3 is 0 Å². The fourth-order valence-corrected chi connectivity index (χ4v) is 1.94. The first-order valence-corrected chi connectivity index (χ1v) is 6.15. The lowest BCUT2D eigenvalue weighted by atomic mass is 10.0. The van der Waals surface area contributed by atoms with Crippen molar-refractivity contribution in [2.45, 2.75) is 32.7 Å². The molecule has 0 radical (unpaired) electrons. The molecule has 1 rings (SSSR count). The maximum atomic E-state index is 13.8. The Morgan fingerprint density at radius 1 is 1.47 bits per heavy atom. The third kappa shape index (κ3) is 4.03. The monoisotopic (exact) mass is 253 g/mol. The van der Waals surface area contributed by atoms with Crippen LogP contribution in [0.2, 0.25) is 5.02 Å². The van der Waals surface area contributed by atoms with Crippen LogP contribution in [0.25, 0.3) is 0 Å². The molecule has 0 saturated carbocycles. The molecule has 0 aromatic heterocycles. The van der Waals surface area contributed by atoms with E-state index in [0.29, 0.717) is 17.0 Å². The van der Waals surface area contributed by atoms with Crippen molar-refractivity contribution in [1.82, 2.24) is 5.32 Å². The Labute approximate surface area is 107 Å². The highest BCUT2D eigenvalue weighted by Gasteiger charge is 2.17. The van der Waals surface area contributed by atoms with Gasteiger partial charge in [-0.3, -0.25) is 0 Å². The van der Waals surface area contributed by atoms with E-state index in [-0.39, 0.29) is 11.9 Å². The van der Waals surface area contributed by atoms with Crippen LogP contribution >= 0.6 is 11.6 Å². The Morgan fingerprint density at radius 3 is 2.82 bits per heavy atom. The molecule has 3 heteroatoms. The fraction of sp³-hybridized carbons (Fsp3) is 0.429. The van der Waals surface area contributed by atoms with E-state index in [2.05, 4.69) is 24.1 Å². The highest BCUT2D eigenvalue weighted by molar-refractivity contribution is 6.31. The number of benzene rings is 1. The second kappa shape index (κ2) is 7.32. The van der Waals surface area contributed by atoms with E-state index < -0.39 is 0 Å². The number of rotatable bonds is 5. The van der Waals surface area contributed by atoms with Crippen LogP contribution in [-0.2, 0) is 0 Å². The maximum absolute atomic E-state index is 13.8. The van der Waals surface area contributed by atoms with Crippen LogP contribution in [0.5, 0.6) is 0 Å². The van der Waals surface area contributed by atoms with Gasteiger partial charge in [-0.1, -0.05) is 24.6 Å². The zero-order chi connectivity index (χ0) is 12.7. The summed E-state index contributed by atoms with van der Waals surface area (Å²) in [5, 5.41) is 3.73. The van der Waals surface area contributed by atoms with Crippen molar-refractivity contribution >= 4 is 11.6 Å². The Morgan fingerprint density at radius 2 is 2.24 bits per heavy atom. The van der Waals surface area contributed by atoms with E-state index in [9.17, 15) is 4.39 Å². The summed E-state index contributed by atoms with van der Waals surface area (Å²) in [5.74, 6) is 5.53. The van der Waals surface area contributed by atoms with Crippen molar-refractivity contribution in [3.05, 3.63) is 34.6 Å². The van der Waals surface area contributed by atoms with Crippen LogP contribution in [0.4, 0.5) is 4.39 Å². The quantitative estimate of drug-likeness (QED) is 0.784. The number of nitrogens with one attached hydrogen (secondary N) is 1. The molecule has 1 N–H and O–H groups in total. The van der Waals surface area contributed by atoms with Gasteiger partial charge in [-0.2, -0.15) is 0 Å². The van der Waals surface area contributed by atoms with E-state index in [1.54, 1.807) is 19.1 Å². The largest absolute Gasteiger partial charge is 0.309 e. The molecule has 0 aliphatic rings. The minimum absolute atomic E-state index is 0.143. The molecule has 17 heavy (non-hydrogen) atoms. The molecule has 0 amide bonds. The van der Waals surface area contributed by atoms with Crippen molar-refractivity contribution < 1.29 is 4.39 Å². The molecular formula is C14H17ClFN. The zero-order valence-corrected chi connectivity index (χ0v) is 10.9. The lowest BCUT2D eigenvalue weighted by Crippen LogP contribution is -2.23. The SMILES string of the molecule is CC#CCC(NCCC)c1c(F)cccc1Cl. The molecule has 0 saturated heterocycles. The second-order valence-corrected chi connectivity index (χ2v) is 4.18. The summed E-state index contributed by atoms with van der Waals surface area (Å²) in [6, 6.07) is 4.61. The summed E-state index contributed by atoms with van der Waals surface area (Å²) in [5.41, 5.74) is 0.519. The Kier molecular flexibility index (Phi) is 6.04. The van der Waals surface area contributed by atoms with Crippen molar-refractivity contribution in [1.29, 1.82) is 0 Å². The summed E-state index contributed by atoms with van der Waals surface area (Å²) in [6.45, 7) is 4.67. The minimum Gasteiger partial charge on any atom is -0.309 e. The van der Waals surface area contributed by atoms with Crippen molar-refractivity contribution in [2.75, 3.05) is 6.54 Å². The van der Waals surface area contributed by atoms with Gasteiger partial charge in [0.15, 0.2) is 0 Å². The molecule has 0 aliphatic carbocycles. The summed E-state index contributed by atoms with van der Waals surface area (Å²) in [4.78, 5) is 0. The van der Waals surface area contributed by atoms with E-state index in [1.165, 1.54) is 6.07 Å². The lowest BCUT2D eigenvalue weighted by Gasteiger charge is -2.18. The molecule has 0 aliphatic heterocycles. The van der Waals surface area contributed by atoms with E-state index in [4.69, 9.17) is 11.6 Å². The van der Waals surface area contributed by atoms with Gasteiger partial charge in [0.05, 0.1) is 0 Å². The summed E-state index contributed by atoms with van der Waals surface area (Å²) in [7, 11) is 0. The molecule has 1 atom stereocenters. The molecular weight excluding hydrogens is 237 g/mol. The third-order valence-electron chi connectivity index (χ3n) is 2.47. The second-order valence-electron chi connectivity index (χ2n) is 3.77. The first kappa shape index (κ1) is 14.0. The van der Waals surface area contributed by atoms with Crippen LogP contribution in [-0.4, -0.2) is 6.54 Å². The zero-order valence-electron chi connectivity index (χ0n) is 10.2. The van der Waals surface area contributed by atoms with E-state index >= 15 is 0 Å². The lowest BCUT2D eigenvalue weighted by molar-refractivity contribution is 0.507. The first-order chi connectivity index (χ1) is 8.20. The average molecular weight is 254 g/mol. The number of hydrogen-bond acceptors (Lipinski definition) is 1. The van der Waals surface area contributed by atoms with Gasteiger partial charge in [-0.05, 0) is 32.0 Å². The average Bonchev–Trinajstić information content (AvgIpc) is 2.31. The predicted molar refractivity (Wildman–Crippen MR) is 70.5 cm³/mol. The molecule has 1 aromatic rings. The van der Waals surface area contributed by atoms with E-state index in [0.717, 1.165) is 13.0 Å². The van der Waals surface area contributed by atoms with Crippen molar-refractivity contribution in [3.63, 3.8) is 0 Å². The summed E-state index contributed by atoms with van der Waals surface area (Å²) < 4.78 is 13.8. The summed E-state index contributed by atoms with van der Waals surface area (Å²) in [6.07, 6.45) is 1.55. The maximum Gasteiger partial charge on any atom is 0.129 e. The normalized spacial score (nSPS) is 11.8. The fourth-order valence-electron chi connectivity index (χ4n) is 1.64. The molecule has 92 valence electrons. The molecule has 0 spiro atoms. The molecule has 1 aromatic carbocycles. The molecule has 1 unspecified atom stereocenters. The van der Waals surface area contributed by atoms with Crippen LogP contribution in [0.1, 0.15) is 38.3 Å². The van der Waals surface area contributed by atoms with Crippen molar-refractivity contribution in [2.24, 2.45) is 0 Å². The predicted octanol–water partition coefficient (Wildman–Crippen LogP) is 3.93. The van der Waals surface area contributed by atoms with Crippen molar-refractivity contribution in [3.8, 4) is 11.8 Å². The molecule has 0 fully saturated rings. The van der Waals surface area contributed by atoms with Gasteiger partial charge in [0.1, 0.15) is 5.82 Å². The van der Waals surface area contributed by atoms with Crippen LogP contribution in [0.15, 0.2) is 18.2 Å². The Balaban J connectivity index is 2.97. The minimum atomic E-state index is -0.274. The van der Waals surface area contributed by atoms with Gasteiger partial charge in [0.2, 0.25) is 0 Å². The topological polar surface area (TPSA) is 12.0 Å². The molecule has 1 nitrogen and oxygen atoms in total. The molecule has 0 bridgehead atoms. The number of hydrogen-bond donors (Lipinski definition) is 1. The van der Waals surface area contributed by atoms with Crippen LogP contribution in [0, 0.1) is 17.7 Å². The van der Waals surface area contributed by atoms with Gasteiger partial charge in [0.25, 0.3) is 0 Å². The van der Waals surface area contributed by atoms with Crippen LogP contribution in [0.3, 0.4) is 0 Å². The van der Waals surface area contributed by atoms with Gasteiger partial charge in [-0.15, -0.1) is 11.8 Å².